The van der Waals surface area contributed by atoms with Crippen LogP contribution in [0.4, 0.5) is 0 Å². The highest BCUT2D eigenvalue weighted by Gasteiger charge is 2.22. The normalized spacial score (nSPS) is 19.3. The molecule has 2 aromatic heterocycles. The van der Waals surface area contributed by atoms with Gasteiger partial charge in [0.2, 0.25) is 5.91 Å². The fourth-order valence-electron chi connectivity index (χ4n) is 3.75. The fourth-order valence-corrected chi connectivity index (χ4v) is 3.75. The minimum Gasteiger partial charge on any atom is -0.353 e. The predicted molar refractivity (Wildman–Crippen MR) is 103 cm³/mol. The van der Waals surface area contributed by atoms with E-state index in [4.69, 9.17) is 0 Å². The molecule has 0 radical (unpaired) electrons. The minimum absolute atomic E-state index is 0.218. The number of likely N-dealkylation sites (tertiary alicyclic amines) is 1. The van der Waals surface area contributed by atoms with E-state index in [9.17, 15) is 14.4 Å². The predicted octanol–water partition coefficient (Wildman–Crippen LogP) is -0.330. The molecule has 1 saturated heterocycles. The molecule has 0 aliphatic carbocycles. The molecule has 2 aromatic rings. The zero-order valence-electron chi connectivity index (χ0n) is 16.4. The SMILES string of the molecule is CC1CCCN(C(C)CNC(=O)Cn2c(=O)c3c(ncn3C)n(C)c2=O)C1. The molecule has 3 heterocycles. The number of hydrogen-bond acceptors (Lipinski definition) is 5. The monoisotopic (exact) mass is 376 g/mol. The molecule has 1 aliphatic rings. The first-order chi connectivity index (χ1) is 12.8. The second kappa shape index (κ2) is 7.67. The third-order valence-corrected chi connectivity index (χ3v) is 5.41. The molecule has 2 unspecified atom stereocenters. The van der Waals surface area contributed by atoms with E-state index in [0.29, 0.717) is 23.6 Å². The smallest absolute Gasteiger partial charge is 0.332 e. The molecule has 0 saturated carbocycles. The second-order valence-electron chi connectivity index (χ2n) is 7.66. The summed E-state index contributed by atoms with van der Waals surface area (Å²) in [6.07, 6.45) is 3.91. The van der Waals surface area contributed by atoms with E-state index in [0.717, 1.165) is 17.7 Å². The quantitative estimate of drug-likeness (QED) is 0.771. The van der Waals surface area contributed by atoms with E-state index < -0.39 is 11.2 Å². The molecule has 1 N–H and O–H groups in total. The van der Waals surface area contributed by atoms with Crippen molar-refractivity contribution < 1.29 is 4.79 Å². The number of aryl methyl sites for hydroxylation is 2. The van der Waals surface area contributed by atoms with Crippen LogP contribution in [0.5, 0.6) is 0 Å². The number of aromatic nitrogens is 4. The first-order valence-corrected chi connectivity index (χ1v) is 9.41. The van der Waals surface area contributed by atoms with Crippen molar-refractivity contribution in [1.29, 1.82) is 0 Å². The number of amides is 1. The third-order valence-electron chi connectivity index (χ3n) is 5.41. The number of fused-ring (bicyclic) bond motifs is 1. The van der Waals surface area contributed by atoms with Crippen molar-refractivity contribution in [1.82, 2.24) is 28.9 Å². The van der Waals surface area contributed by atoms with Crippen molar-refractivity contribution in [3.8, 4) is 0 Å². The summed E-state index contributed by atoms with van der Waals surface area (Å²) in [7, 11) is 3.23. The maximum Gasteiger partial charge on any atom is 0.332 e. The molecule has 0 aromatic carbocycles. The van der Waals surface area contributed by atoms with Gasteiger partial charge in [0.25, 0.3) is 5.56 Å². The first-order valence-electron chi connectivity index (χ1n) is 9.41. The molecule has 1 aliphatic heterocycles. The van der Waals surface area contributed by atoms with Gasteiger partial charge in [-0.15, -0.1) is 0 Å². The maximum atomic E-state index is 12.6. The van der Waals surface area contributed by atoms with Crippen molar-refractivity contribution in [3.05, 3.63) is 27.2 Å². The topological polar surface area (TPSA) is 94.2 Å². The maximum absolute atomic E-state index is 12.6. The first kappa shape index (κ1) is 19.3. The lowest BCUT2D eigenvalue weighted by Crippen LogP contribution is -2.48. The average molecular weight is 376 g/mol. The van der Waals surface area contributed by atoms with Gasteiger partial charge in [-0.3, -0.25) is 19.1 Å². The summed E-state index contributed by atoms with van der Waals surface area (Å²) in [6, 6.07) is 0.218. The summed E-state index contributed by atoms with van der Waals surface area (Å²) >= 11 is 0. The minimum atomic E-state index is -0.542. The Morgan fingerprint density at radius 2 is 2.11 bits per heavy atom. The highest BCUT2D eigenvalue weighted by atomic mass is 16.2. The Bertz CT molecular complexity index is 956. The summed E-state index contributed by atoms with van der Waals surface area (Å²) in [4.78, 5) is 43.9. The standard InChI is InChI=1S/C18H28N6O3/c1-12-6-5-7-23(9-12)13(2)8-19-14(25)10-24-17(26)15-16(20-11-21(15)3)22(4)18(24)27/h11-13H,5-10H2,1-4H3,(H,19,25). The molecule has 9 heteroatoms. The number of rotatable bonds is 5. The Morgan fingerprint density at radius 3 is 2.81 bits per heavy atom. The number of nitrogens with zero attached hydrogens (tertiary/aromatic N) is 5. The second-order valence-corrected chi connectivity index (χ2v) is 7.66. The van der Waals surface area contributed by atoms with Gasteiger partial charge in [-0.25, -0.2) is 14.3 Å². The van der Waals surface area contributed by atoms with Crippen LogP contribution in [0.15, 0.2) is 15.9 Å². The summed E-state index contributed by atoms with van der Waals surface area (Å²) < 4.78 is 3.82. The van der Waals surface area contributed by atoms with Crippen LogP contribution in [0.25, 0.3) is 11.2 Å². The number of hydrogen-bond donors (Lipinski definition) is 1. The number of carbonyl (C=O) groups excluding carboxylic acids is 1. The van der Waals surface area contributed by atoms with Crippen LogP contribution < -0.4 is 16.6 Å². The van der Waals surface area contributed by atoms with Gasteiger partial charge in [-0.2, -0.15) is 0 Å². The molecule has 1 amide bonds. The zero-order chi connectivity index (χ0) is 19.7. The van der Waals surface area contributed by atoms with Crippen molar-refractivity contribution in [2.24, 2.45) is 20.0 Å². The van der Waals surface area contributed by atoms with E-state index >= 15 is 0 Å². The van der Waals surface area contributed by atoms with Crippen LogP contribution >= 0.6 is 0 Å². The zero-order valence-corrected chi connectivity index (χ0v) is 16.4. The van der Waals surface area contributed by atoms with Crippen LogP contribution in [-0.2, 0) is 25.4 Å². The van der Waals surface area contributed by atoms with Gasteiger partial charge in [0.05, 0.1) is 6.33 Å². The summed E-state index contributed by atoms with van der Waals surface area (Å²) in [5.74, 6) is 0.330. The molecule has 0 bridgehead atoms. The largest absolute Gasteiger partial charge is 0.353 e. The number of piperidine rings is 1. The summed E-state index contributed by atoms with van der Waals surface area (Å²) in [5, 5.41) is 2.86. The Labute approximate surface area is 157 Å². The van der Waals surface area contributed by atoms with Gasteiger partial charge >= 0.3 is 5.69 Å². The average Bonchev–Trinajstić information content (AvgIpc) is 3.03. The summed E-state index contributed by atoms with van der Waals surface area (Å²) in [5.41, 5.74) is -0.419. The Morgan fingerprint density at radius 1 is 1.37 bits per heavy atom. The van der Waals surface area contributed by atoms with Crippen molar-refractivity contribution >= 4 is 17.1 Å². The molecular weight excluding hydrogens is 348 g/mol. The van der Waals surface area contributed by atoms with Gasteiger partial charge in [0, 0.05) is 33.2 Å². The van der Waals surface area contributed by atoms with Gasteiger partial charge in [0.1, 0.15) is 6.54 Å². The number of nitrogens with one attached hydrogen (secondary N) is 1. The number of imidazole rings is 1. The molecule has 27 heavy (non-hydrogen) atoms. The Balaban J connectivity index is 1.70. The van der Waals surface area contributed by atoms with E-state index in [1.54, 1.807) is 18.7 Å². The lowest BCUT2D eigenvalue weighted by Gasteiger charge is -2.35. The molecular formula is C18H28N6O3. The van der Waals surface area contributed by atoms with Crippen LogP contribution in [-0.4, -0.2) is 55.2 Å². The Kier molecular flexibility index (Phi) is 5.50. The molecule has 2 atom stereocenters. The van der Waals surface area contributed by atoms with E-state index in [1.165, 1.54) is 23.7 Å². The lowest BCUT2D eigenvalue weighted by molar-refractivity contribution is -0.122. The van der Waals surface area contributed by atoms with Gasteiger partial charge in [-0.05, 0) is 32.2 Å². The third kappa shape index (κ3) is 3.83. The van der Waals surface area contributed by atoms with Gasteiger partial charge in [0.15, 0.2) is 11.2 Å². The van der Waals surface area contributed by atoms with Crippen LogP contribution in [0.2, 0.25) is 0 Å². The fraction of sp³-hybridized carbons (Fsp3) is 0.667. The molecule has 0 spiro atoms. The van der Waals surface area contributed by atoms with Crippen LogP contribution in [0.3, 0.4) is 0 Å². The Hall–Kier alpha value is -2.42. The van der Waals surface area contributed by atoms with Crippen molar-refractivity contribution in [2.75, 3.05) is 19.6 Å². The molecule has 1 fully saturated rings. The van der Waals surface area contributed by atoms with Crippen molar-refractivity contribution in [2.45, 2.75) is 39.3 Å². The molecule has 9 nitrogen and oxygen atoms in total. The van der Waals surface area contributed by atoms with Crippen LogP contribution in [0.1, 0.15) is 26.7 Å². The number of carbonyl (C=O) groups is 1. The van der Waals surface area contributed by atoms with E-state index in [-0.39, 0.29) is 18.5 Å². The summed E-state index contributed by atoms with van der Waals surface area (Å²) in [6.45, 7) is 6.61. The van der Waals surface area contributed by atoms with Crippen LogP contribution in [0, 0.1) is 5.92 Å². The lowest BCUT2D eigenvalue weighted by atomic mass is 9.99. The van der Waals surface area contributed by atoms with Crippen molar-refractivity contribution in [3.63, 3.8) is 0 Å². The van der Waals surface area contributed by atoms with E-state index in [2.05, 4.69) is 29.0 Å². The highest BCUT2D eigenvalue weighted by Crippen LogP contribution is 2.17. The highest BCUT2D eigenvalue weighted by molar-refractivity contribution is 5.76. The molecule has 148 valence electrons. The van der Waals surface area contributed by atoms with Gasteiger partial charge in [-0.1, -0.05) is 6.92 Å². The van der Waals surface area contributed by atoms with E-state index in [1.807, 2.05) is 0 Å². The molecule has 3 rings (SSSR count). The van der Waals surface area contributed by atoms with Gasteiger partial charge < -0.3 is 9.88 Å².